The Morgan fingerprint density at radius 2 is 2.24 bits per heavy atom. The fourth-order valence-electron chi connectivity index (χ4n) is 1.76. The summed E-state index contributed by atoms with van der Waals surface area (Å²) < 4.78 is 11.2. The summed E-state index contributed by atoms with van der Waals surface area (Å²) in [6.45, 7) is 12.6. The van der Waals surface area contributed by atoms with E-state index in [1.165, 1.54) is 11.4 Å². The standard InChI is InChI=1S/C13H23N2O2PS3/c1-6-10-20-18(19,16-9-4)17-15-12-14-11(7-2)13(5,8-3)21-12/h6H,1,7-10H2,2-5H3. The highest BCUT2D eigenvalue weighted by molar-refractivity contribution is 8.67. The first-order chi connectivity index (χ1) is 9.93. The SMILES string of the molecule is C=CCSP(=S)(OCC)ON=C1N=C(CC)C(C)(CC)S1. The van der Waals surface area contributed by atoms with Crippen molar-refractivity contribution in [1.82, 2.24) is 0 Å². The van der Waals surface area contributed by atoms with Gasteiger partial charge in [0.25, 0.3) is 0 Å². The fourth-order valence-corrected chi connectivity index (χ4v) is 6.46. The first kappa shape index (κ1) is 19.2. The first-order valence-electron chi connectivity index (χ1n) is 6.96. The summed E-state index contributed by atoms with van der Waals surface area (Å²) >= 11 is 8.54. The van der Waals surface area contributed by atoms with Crippen LogP contribution >= 0.6 is 28.8 Å². The predicted molar refractivity (Wildman–Crippen MR) is 101 cm³/mol. The van der Waals surface area contributed by atoms with Crippen LogP contribution in [0.3, 0.4) is 0 Å². The smallest absolute Gasteiger partial charge is 0.322 e. The van der Waals surface area contributed by atoms with Crippen molar-refractivity contribution in [3.63, 3.8) is 0 Å². The molecule has 1 heterocycles. The van der Waals surface area contributed by atoms with Gasteiger partial charge in [0.15, 0.2) is 0 Å². The zero-order valence-corrected chi connectivity index (χ0v) is 16.3. The van der Waals surface area contributed by atoms with Gasteiger partial charge in [-0.1, -0.05) is 48.2 Å². The molecule has 0 radical (unpaired) electrons. The molecule has 1 aliphatic rings. The van der Waals surface area contributed by atoms with Crippen LogP contribution in [0.15, 0.2) is 22.8 Å². The van der Waals surface area contributed by atoms with Crippen molar-refractivity contribution in [2.45, 2.75) is 45.3 Å². The average Bonchev–Trinajstić information content (AvgIpc) is 2.81. The Balaban J connectivity index is 2.81. The molecule has 2 unspecified atom stereocenters. The molecule has 0 aliphatic carbocycles. The van der Waals surface area contributed by atoms with Crippen LogP contribution in [0, 0.1) is 0 Å². The van der Waals surface area contributed by atoms with Gasteiger partial charge in [-0.05, 0) is 38.5 Å². The molecule has 120 valence electrons. The van der Waals surface area contributed by atoms with Crippen molar-refractivity contribution < 1.29 is 9.15 Å². The van der Waals surface area contributed by atoms with Gasteiger partial charge in [0.05, 0.1) is 11.4 Å². The third-order valence-electron chi connectivity index (χ3n) is 3.02. The van der Waals surface area contributed by atoms with E-state index in [0.29, 0.717) is 17.5 Å². The Morgan fingerprint density at radius 3 is 2.71 bits per heavy atom. The minimum atomic E-state index is -2.46. The molecule has 0 N–H and O–H groups in total. The number of hydrogen-bond acceptors (Lipinski definition) is 6. The highest BCUT2D eigenvalue weighted by Crippen LogP contribution is 2.61. The highest BCUT2D eigenvalue weighted by Gasteiger charge is 2.36. The topological polar surface area (TPSA) is 43.2 Å². The van der Waals surface area contributed by atoms with E-state index in [0.717, 1.165) is 18.6 Å². The number of thioether (sulfide) groups is 1. The lowest BCUT2D eigenvalue weighted by atomic mass is 10.00. The molecule has 1 rings (SSSR count). The molecule has 0 aromatic carbocycles. The second-order valence-corrected chi connectivity index (χ2v) is 12.2. The van der Waals surface area contributed by atoms with E-state index in [4.69, 9.17) is 21.0 Å². The summed E-state index contributed by atoms with van der Waals surface area (Å²) in [5, 5.41) is 4.81. The summed E-state index contributed by atoms with van der Waals surface area (Å²) in [6, 6.07) is 0. The molecule has 2 atom stereocenters. The summed E-state index contributed by atoms with van der Waals surface area (Å²) in [5.74, 6) is 0.686. The van der Waals surface area contributed by atoms with E-state index < -0.39 is 5.69 Å². The maximum Gasteiger partial charge on any atom is 0.322 e. The molecule has 8 heteroatoms. The number of amidine groups is 1. The van der Waals surface area contributed by atoms with Gasteiger partial charge in [0.1, 0.15) is 0 Å². The second-order valence-electron chi connectivity index (χ2n) is 4.50. The van der Waals surface area contributed by atoms with Crippen LogP contribution in [0.2, 0.25) is 0 Å². The Labute approximate surface area is 141 Å². The van der Waals surface area contributed by atoms with E-state index in [2.05, 4.69) is 37.5 Å². The summed E-state index contributed by atoms with van der Waals surface area (Å²) in [4.78, 5) is 4.57. The Morgan fingerprint density at radius 1 is 1.52 bits per heavy atom. The molecule has 0 aromatic rings. The average molecular weight is 367 g/mol. The molecular formula is C13H23N2O2PS3. The van der Waals surface area contributed by atoms with Crippen molar-refractivity contribution in [1.29, 1.82) is 0 Å². The quantitative estimate of drug-likeness (QED) is 0.318. The third kappa shape index (κ3) is 5.39. The maximum absolute atomic E-state index is 5.58. The van der Waals surface area contributed by atoms with Gasteiger partial charge in [0, 0.05) is 11.5 Å². The molecule has 0 fully saturated rings. The molecule has 0 spiro atoms. The van der Waals surface area contributed by atoms with Gasteiger partial charge in [0.2, 0.25) is 5.17 Å². The van der Waals surface area contributed by atoms with Crippen LogP contribution in [0.25, 0.3) is 0 Å². The number of rotatable bonds is 9. The van der Waals surface area contributed by atoms with E-state index in [-0.39, 0.29) is 4.75 Å². The molecular weight excluding hydrogens is 343 g/mol. The zero-order valence-electron chi connectivity index (χ0n) is 13.0. The van der Waals surface area contributed by atoms with E-state index in [1.807, 2.05) is 6.92 Å². The lowest BCUT2D eigenvalue weighted by molar-refractivity contribution is 0.281. The lowest BCUT2D eigenvalue weighted by Gasteiger charge is -2.21. The van der Waals surface area contributed by atoms with E-state index in [1.54, 1.807) is 17.8 Å². The fraction of sp³-hybridized carbons (Fsp3) is 0.692. The van der Waals surface area contributed by atoms with Crippen LogP contribution in [0.1, 0.15) is 40.5 Å². The van der Waals surface area contributed by atoms with Gasteiger partial charge in [-0.15, -0.1) is 6.58 Å². The van der Waals surface area contributed by atoms with Crippen molar-refractivity contribution in [2.75, 3.05) is 12.4 Å². The second kappa shape index (κ2) is 8.73. The minimum Gasteiger partial charge on any atom is -0.327 e. The number of oxime groups is 1. The molecule has 0 bridgehead atoms. The molecule has 0 aromatic heterocycles. The van der Waals surface area contributed by atoms with Crippen LogP contribution < -0.4 is 0 Å². The number of nitrogens with zero attached hydrogens (tertiary/aromatic N) is 2. The Kier molecular flexibility index (Phi) is 7.99. The maximum atomic E-state index is 5.58. The molecule has 1 aliphatic heterocycles. The van der Waals surface area contributed by atoms with Crippen LogP contribution in [-0.4, -0.2) is 28.0 Å². The monoisotopic (exact) mass is 366 g/mol. The number of aliphatic imine (C=N–C) groups is 1. The van der Waals surface area contributed by atoms with Gasteiger partial charge in [-0.3, -0.25) is 0 Å². The zero-order chi connectivity index (χ0) is 15.9. The van der Waals surface area contributed by atoms with Gasteiger partial charge in [-0.25, -0.2) is 4.99 Å². The minimum absolute atomic E-state index is 0.0133. The van der Waals surface area contributed by atoms with Crippen molar-refractivity contribution in [3.05, 3.63) is 12.7 Å². The normalized spacial score (nSPS) is 26.5. The molecule has 0 amide bonds. The lowest BCUT2D eigenvalue weighted by Crippen LogP contribution is -2.26. The van der Waals surface area contributed by atoms with Crippen LogP contribution in [0.5, 0.6) is 0 Å². The largest absolute Gasteiger partial charge is 0.327 e. The van der Waals surface area contributed by atoms with Crippen molar-refractivity contribution in [2.24, 2.45) is 10.1 Å². The molecule has 4 nitrogen and oxygen atoms in total. The summed E-state index contributed by atoms with van der Waals surface area (Å²) in [6.07, 6.45) is 3.71. The molecule has 0 saturated carbocycles. The molecule has 0 saturated heterocycles. The van der Waals surface area contributed by atoms with E-state index in [9.17, 15) is 0 Å². The first-order valence-corrected chi connectivity index (χ1v) is 12.0. The van der Waals surface area contributed by atoms with Crippen LogP contribution in [0.4, 0.5) is 0 Å². The van der Waals surface area contributed by atoms with Gasteiger partial charge < -0.3 is 9.15 Å². The third-order valence-corrected chi connectivity index (χ3v) is 9.28. The molecule has 21 heavy (non-hydrogen) atoms. The summed E-state index contributed by atoms with van der Waals surface area (Å²) in [7, 11) is 0. The predicted octanol–water partition coefficient (Wildman–Crippen LogP) is 5.22. The van der Waals surface area contributed by atoms with E-state index >= 15 is 0 Å². The summed E-state index contributed by atoms with van der Waals surface area (Å²) in [5.41, 5.74) is -1.30. The number of hydrogen-bond donors (Lipinski definition) is 0. The highest BCUT2D eigenvalue weighted by atomic mass is 32.9. The van der Waals surface area contributed by atoms with Gasteiger partial charge >= 0.3 is 5.69 Å². The van der Waals surface area contributed by atoms with Gasteiger partial charge in [-0.2, -0.15) is 0 Å². The van der Waals surface area contributed by atoms with Crippen molar-refractivity contribution in [3.8, 4) is 0 Å². The Hall–Kier alpha value is 0.190. The van der Waals surface area contributed by atoms with Crippen LogP contribution in [-0.2, 0) is 21.0 Å². The Bertz CT molecular complexity index is 482. The van der Waals surface area contributed by atoms with Crippen molar-refractivity contribution >= 4 is 51.5 Å².